The topological polar surface area (TPSA) is 89.5 Å². The summed E-state index contributed by atoms with van der Waals surface area (Å²) in [6, 6.07) is 8.23. The van der Waals surface area contributed by atoms with Gasteiger partial charge in [0.15, 0.2) is 11.5 Å². The zero-order valence-corrected chi connectivity index (χ0v) is 13.7. The van der Waals surface area contributed by atoms with E-state index >= 15 is 0 Å². The Labute approximate surface area is 140 Å². The van der Waals surface area contributed by atoms with Gasteiger partial charge < -0.3 is 20.1 Å². The van der Waals surface area contributed by atoms with E-state index in [-0.39, 0.29) is 6.04 Å². The molecule has 7 heteroatoms. The third-order valence-corrected chi connectivity index (χ3v) is 3.38. The molecule has 0 bridgehead atoms. The Morgan fingerprint density at radius 1 is 1.08 bits per heavy atom. The van der Waals surface area contributed by atoms with Gasteiger partial charge in [-0.1, -0.05) is 6.07 Å². The van der Waals surface area contributed by atoms with Crippen LogP contribution in [0.1, 0.15) is 18.5 Å². The molecule has 1 heterocycles. The van der Waals surface area contributed by atoms with E-state index in [0.29, 0.717) is 17.2 Å². The van der Waals surface area contributed by atoms with Crippen molar-refractivity contribution in [2.45, 2.75) is 13.0 Å². The lowest BCUT2D eigenvalue weighted by molar-refractivity contribution is -0.136. The fraction of sp³-hybridized carbons (Fsp3) is 0.235. The highest BCUT2D eigenvalue weighted by molar-refractivity contribution is 6.39. The molecule has 126 valence electrons. The Hall–Kier alpha value is -3.09. The maximum Gasteiger partial charge on any atom is 0.313 e. The summed E-state index contributed by atoms with van der Waals surface area (Å²) in [4.78, 5) is 27.8. The van der Waals surface area contributed by atoms with E-state index in [0.717, 1.165) is 5.56 Å². The summed E-state index contributed by atoms with van der Waals surface area (Å²) >= 11 is 0. The van der Waals surface area contributed by atoms with Gasteiger partial charge >= 0.3 is 11.8 Å². The van der Waals surface area contributed by atoms with E-state index in [1.54, 1.807) is 50.6 Å². The zero-order valence-electron chi connectivity index (χ0n) is 13.7. The molecule has 1 aromatic heterocycles. The first-order valence-corrected chi connectivity index (χ1v) is 7.29. The number of methoxy groups -OCH3 is 2. The Morgan fingerprint density at radius 3 is 2.46 bits per heavy atom. The zero-order chi connectivity index (χ0) is 17.5. The van der Waals surface area contributed by atoms with Gasteiger partial charge in [0.25, 0.3) is 0 Å². The second kappa shape index (κ2) is 7.96. The molecule has 1 unspecified atom stereocenters. The molecule has 2 amide bonds. The first-order valence-electron chi connectivity index (χ1n) is 7.29. The number of benzene rings is 1. The van der Waals surface area contributed by atoms with Crippen LogP contribution in [-0.2, 0) is 9.59 Å². The van der Waals surface area contributed by atoms with E-state index in [9.17, 15) is 9.59 Å². The smallest absolute Gasteiger partial charge is 0.313 e. The Kier molecular flexibility index (Phi) is 5.73. The van der Waals surface area contributed by atoms with Gasteiger partial charge in [0, 0.05) is 6.20 Å². The van der Waals surface area contributed by atoms with Crippen LogP contribution in [0, 0.1) is 0 Å². The highest BCUT2D eigenvalue weighted by Crippen LogP contribution is 2.29. The van der Waals surface area contributed by atoms with Gasteiger partial charge in [0.1, 0.15) is 0 Å². The van der Waals surface area contributed by atoms with Crippen molar-refractivity contribution in [1.82, 2.24) is 10.3 Å². The number of pyridine rings is 1. The number of nitrogens with one attached hydrogen (secondary N) is 2. The van der Waals surface area contributed by atoms with E-state index < -0.39 is 11.8 Å². The van der Waals surface area contributed by atoms with Crippen molar-refractivity contribution >= 4 is 17.5 Å². The van der Waals surface area contributed by atoms with Gasteiger partial charge in [-0.15, -0.1) is 0 Å². The van der Waals surface area contributed by atoms with Crippen molar-refractivity contribution in [2.75, 3.05) is 19.5 Å². The number of ether oxygens (including phenoxy) is 2. The summed E-state index contributed by atoms with van der Waals surface area (Å²) < 4.78 is 10.4. The van der Waals surface area contributed by atoms with Crippen LogP contribution in [0.25, 0.3) is 0 Å². The molecular formula is C17H19N3O4. The van der Waals surface area contributed by atoms with Crippen molar-refractivity contribution in [3.05, 3.63) is 48.3 Å². The molecule has 0 radical (unpaired) electrons. The summed E-state index contributed by atoms with van der Waals surface area (Å²) in [7, 11) is 3.08. The van der Waals surface area contributed by atoms with Crippen LogP contribution in [0.4, 0.5) is 5.69 Å². The van der Waals surface area contributed by atoms with Crippen LogP contribution in [0.15, 0.2) is 42.7 Å². The van der Waals surface area contributed by atoms with Crippen LogP contribution in [0.2, 0.25) is 0 Å². The van der Waals surface area contributed by atoms with Crippen LogP contribution >= 0.6 is 0 Å². The molecule has 7 nitrogen and oxygen atoms in total. The Morgan fingerprint density at radius 2 is 1.83 bits per heavy atom. The molecule has 0 aliphatic rings. The van der Waals surface area contributed by atoms with Crippen molar-refractivity contribution < 1.29 is 19.1 Å². The summed E-state index contributed by atoms with van der Waals surface area (Å²) in [6.07, 6.45) is 3.04. The lowest BCUT2D eigenvalue weighted by atomic mass is 10.1. The summed E-state index contributed by atoms with van der Waals surface area (Å²) in [6.45, 7) is 1.77. The molecule has 2 rings (SSSR count). The summed E-state index contributed by atoms with van der Waals surface area (Å²) in [5.41, 5.74) is 1.24. The van der Waals surface area contributed by atoms with E-state index in [1.807, 2.05) is 0 Å². The minimum Gasteiger partial charge on any atom is -0.493 e. The van der Waals surface area contributed by atoms with Gasteiger partial charge in [-0.05, 0) is 36.8 Å². The maximum atomic E-state index is 12.0. The third kappa shape index (κ3) is 4.22. The SMILES string of the molecule is COc1ccc(C(C)NC(=O)C(=O)Nc2cccnc2)cc1OC. The number of hydrogen-bond acceptors (Lipinski definition) is 5. The highest BCUT2D eigenvalue weighted by Gasteiger charge is 2.18. The fourth-order valence-corrected chi connectivity index (χ4v) is 2.09. The number of rotatable bonds is 5. The minimum absolute atomic E-state index is 0.378. The number of amides is 2. The first-order chi connectivity index (χ1) is 11.5. The lowest BCUT2D eigenvalue weighted by Crippen LogP contribution is -2.36. The number of hydrogen-bond donors (Lipinski definition) is 2. The van der Waals surface area contributed by atoms with Crippen molar-refractivity contribution in [1.29, 1.82) is 0 Å². The number of carbonyl (C=O) groups is 2. The average Bonchev–Trinajstić information content (AvgIpc) is 2.61. The van der Waals surface area contributed by atoms with Gasteiger partial charge in [-0.25, -0.2) is 0 Å². The van der Waals surface area contributed by atoms with Crippen LogP contribution < -0.4 is 20.1 Å². The maximum absolute atomic E-state index is 12.0. The average molecular weight is 329 g/mol. The normalized spacial score (nSPS) is 11.3. The molecule has 0 spiro atoms. The van der Waals surface area contributed by atoms with Gasteiger partial charge in [0.05, 0.1) is 32.1 Å². The number of carbonyl (C=O) groups excluding carboxylic acids is 2. The summed E-state index contributed by atoms with van der Waals surface area (Å²) in [5.74, 6) is -0.346. The van der Waals surface area contributed by atoms with Crippen LogP contribution in [0.3, 0.4) is 0 Å². The number of aromatic nitrogens is 1. The molecule has 24 heavy (non-hydrogen) atoms. The molecule has 0 aliphatic carbocycles. The van der Waals surface area contributed by atoms with E-state index in [4.69, 9.17) is 9.47 Å². The van der Waals surface area contributed by atoms with E-state index in [2.05, 4.69) is 15.6 Å². The van der Waals surface area contributed by atoms with Crippen LogP contribution in [0.5, 0.6) is 11.5 Å². The Bertz CT molecular complexity index is 719. The standard InChI is InChI=1S/C17H19N3O4/c1-11(12-6-7-14(23-2)15(9-12)24-3)19-16(21)17(22)20-13-5-4-8-18-10-13/h4-11H,1-3H3,(H,19,21)(H,20,22). The van der Waals surface area contributed by atoms with E-state index in [1.165, 1.54) is 13.3 Å². The molecule has 2 N–H and O–H groups in total. The number of anilines is 1. The molecule has 0 fully saturated rings. The predicted octanol–water partition coefficient (Wildman–Crippen LogP) is 1.91. The minimum atomic E-state index is -0.754. The van der Waals surface area contributed by atoms with Crippen LogP contribution in [-0.4, -0.2) is 31.0 Å². The first kappa shape index (κ1) is 17.3. The molecule has 2 aromatic rings. The largest absolute Gasteiger partial charge is 0.493 e. The van der Waals surface area contributed by atoms with Gasteiger partial charge in [0.2, 0.25) is 0 Å². The third-order valence-electron chi connectivity index (χ3n) is 3.38. The van der Waals surface area contributed by atoms with Crippen molar-refractivity contribution in [2.24, 2.45) is 0 Å². The lowest BCUT2D eigenvalue weighted by Gasteiger charge is -2.16. The second-order valence-electron chi connectivity index (χ2n) is 5.01. The van der Waals surface area contributed by atoms with Gasteiger partial charge in [-0.2, -0.15) is 0 Å². The second-order valence-corrected chi connectivity index (χ2v) is 5.01. The molecule has 0 aliphatic heterocycles. The molecule has 1 atom stereocenters. The summed E-state index contributed by atoms with van der Waals surface area (Å²) in [5, 5.41) is 5.12. The molecule has 0 saturated carbocycles. The molecular weight excluding hydrogens is 310 g/mol. The highest BCUT2D eigenvalue weighted by atomic mass is 16.5. The van der Waals surface area contributed by atoms with Crippen molar-refractivity contribution in [3.8, 4) is 11.5 Å². The molecule has 0 saturated heterocycles. The predicted molar refractivity (Wildman–Crippen MR) is 89.0 cm³/mol. The monoisotopic (exact) mass is 329 g/mol. The number of nitrogens with zero attached hydrogens (tertiary/aromatic N) is 1. The van der Waals surface area contributed by atoms with Gasteiger partial charge in [-0.3, -0.25) is 14.6 Å². The quantitative estimate of drug-likeness (QED) is 0.818. The molecule has 1 aromatic carbocycles. The Balaban J connectivity index is 2.02. The van der Waals surface area contributed by atoms with Crippen molar-refractivity contribution in [3.63, 3.8) is 0 Å². The fourth-order valence-electron chi connectivity index (χ4n) is 2.09.